The molecule has 0 bridgehead atoms. The Balaban J connectivity index is 1.73. The van der Waals surface area contributed by atoms with Gasteiger partial charge in [-0.3, -0.25) is 9.59 Å². The van der Waals surface area contributed by atoms with E-state index in [1.54, 1.807) is 19.2 Å². The first kappa shape index (κ1) is 14.3. The molecule has 112 valence electrons. The average Bonchev–Trinajstić information content (AvgIpc) is 3.37. The predicted molar refractivity (Wildman–Crippen MR) is 85.8 cm³/mol. The number of benzene rings is 2. The Labute approximate surface area is 129 Å². The molecule has 1 saturated carbocycles. The van der Waals surface area contributed by atoms with Gasteiger partial charge in [0.05, 0.1) is 5.41 Å². The maximum atomic E-state index is 12.1. The number of anilines is 1. The van der Waals surface area contributed by atoms with Crippen LogP contribution in [0.2, 0.25) is 0 Å². The molecule has 0 heterocycles. The molecule has 2 aromatic rings. The van der Waals surface area contributed by atoms with Gasteiger partial charge in [0.2, 0.25) is 5.91 Å². The van der Waals surface area contributed by atoms with Crippen molar-refractivity contribution in [1.29, 1.82) is 0 Å². The molecule has 0 atom stereocenters. The number of amides is 2. The Hall–Kier alpha value is -2.62. The molecule has 0 aromatic heterocycles. The van der Waals surface area contributed by atoms with Gasteiger partial charge in [-0.15, -0.1) is 0 Å². The zero-order valence-electron chi connectivity index (χ0n) is 12.4. The molecular weight excluding hydrogens is 276 g/mol. The van der Waals surface area contributed by atoms with Gasteiger partial charge < -0.3 is 10.6 Å². The minimum absolute atomic E-state index is 0.0635. The predicted octanol–water partition coefficient (Wildman–Crippen LogP) is 2.72. The van der Waals surface area contributed by atoms with Crippen molar-refractivity contribution in [2.75, 3.05) is 12.4 Å². The third-order valence-electron chi connectivity index (χ3n) is 4.14. The zero-order chi connectivity index (χ0) is 15.6. The molecule has 1 fully saturated rings. The Morgan fingerprint density at radius 2 is 1.59 bits per heavy atom. The second-order valence-corrected chi connectivity index (χ2v) is 5.56. The van der Waals surface area contributed by atoms with Gasteiger partial charge >= 0.3 is 0 Å². The second kappa shape index (κ2) is 5.64. The molecule has 4 heteroatoms. The molecule has 0 spiro atoms. The Kier molecular flexibility index (Phi) is 3.67. The summed E-state index contributed by atoms with van der Waals surface area (Å²) < 4.78 is 0. The van der Waals surface area contributed by atoms with Gasteiger partial charge in [0.15, 0.2) is 0 Å². The minimum Gasteiger partial charge on any atom is -0.358 e. The number of hydrogen-bond acceptors (Lipinski definition) is 2. The van der Waals surface area contributed by atoms with Crippen molar-refractivity contribution < 1.29 is 9.59 Å². The summed E-state index contributed by atoms with van der Waals surface area (Å²) in [6.45, 7) is 0. The lowest BCUT2D eigenvalue weighted by Crippen LogP contribution is -2.31. The van der Waals surface area contributed by atoms with Crippen molar-refractivity contribution >= 4 is 17.5 Å². The normalized spacial score (nSPS) is 15.0. The topological polar surface area (TPSA) is 58.2 Å². The van der Waals surface area contributed by atoms with Gasteiger partial charge in [0.25, 0.3) is 5.91 Å². The van der Waals surface area contributed by atoms with Crippen LogP contribution in [0.15, 0.2) is 54.6 Å². The highest BCUT2D eigenvalue weighted by atomic mass is 16.2. The van der Waals surface area contributed by atoms with Crippen LogP contribution in [0.4, 0.5) is 5.69 Å². The third-order valence-corrected chi connectivity index (χ3v) is 4.14. The van der Waals surface area contributed by atoms with Crippen molar-refractivity contribution in [1.82, 2.24) is 5.32 Å². The smallest absolute Gasteiger partial charge is 0.255 e. The number of carbonyl (C=O) groups excluding carboxylic acids is 2. The van der Waals surface area contributed by atoms with Crippen molar-refractivity contribution in [2.45, 2.75) is 18.3 Å². The lowest BCUT2D eigenvalue weighted by atomic mass is 9.95. The molecule has 2 N–H and O–H groups in total. The van der Waals surface area contributed by atoms with Gasteiger partial charge in [-0.2, -0.15) is 0 Å². The van der Waals surface area contributed by atoms with Crippen LogP contribution in [0.1, 0.15) is 28.8 Å². The van der Waals surface area contributed by atoms with Gasteiger partial charge in [-0.1, -0.05) is 30.3 Å². The summed E-state index contributed by atoms with van der Waals surface area (Å²) in [6, 6.07) is 16.6. The van der Waals surface area contributed by atoms with E-state index in [-0.39, 0.29) is 17.2 Å². The molecule has 0 unspecified atom stereocenters. The fourth-order valence-electron chi connectivity index (χ4n) is 2.68. The minimum atomic E-state index is -0.364. The van der Waals surface area contributed by atoms with Crippen LogP contribution < -0.4 is 10.6 Å². The van der Waals surface area contributed by atoms with Crippen LogP contribution in [-0.2, 0) is 10.2 Å². The summed E-state index contributed by atoms with van der Waals surface area (Å²) in [5.74, 6) is -0.0747. The first-order valence-electron chi connectivity index (χ1n) is 7.35. The fourth-order valence-corrected chi connectivity index (χ4v) is 2.68. The van der Waals surface area contributed by atoms with Crippen molar-refractivity contribution in [3.05, 3.63) is 65.7 Å². The summed E-state index contributed by atoms with van der Waals surface area (Å²) in [7, 11) is 1.66. The van der Waals surface area contributed by atoms with E-state index in [0.29, 0.717) is 5.56 Å². The molecule has 2 aromatic carbocycles. The summed E-state index contributed by atoms with van der Waals surface area (Å²) >= 11 is 0. The second-order valence-electron chi connectivity index (χ2n) is 5.56. The number of nitrogens with one attached hydrogen (secondary N) is 2. The highest BCUT2D eigenvalue weighted by Gasteiger charge is 2.50. The first-order chi connectivity index (χ1) is 10.7. The van der Waals surface area contributed by atoms with Crippen molar-refractivity contribution in [3.63, 3.8) is 0 Å². The van der Waals surface area contributed by atoms with Crippen LogP contribution in [-0.4, -0.2) is 18.9 Å². The van der Waals surface area contributed by atoms with Crippen LogP contribution in [0, 0.1) is 0 Å². The molecule has 2 amide bonds. The van der Waals surface area contributed by atoms with Gasteiger partial charge in [0.1, 0.15) is 0 Å². The third kappa shape index (κ3) is 2.60. The monoisotopic (exact) mass is 294 g/mol. The van der Waals surface area contributed by atoms with E-state index in [0.717, 1.165) is 24.1 Å². The molecule has 0 saturated heterocycles. The Morgan fingerprint density at radius 1 is 0.955 bits per heavy atom. The van der Waals surface area contributed by atoms with Crippen LogP contribution in [0.5, 0.6) is 0 Å². The number of likely N-dealkylation sites (N-methyl/N-ethyl adjacent to an activating group) is 1. The summed E-state index contributed by atoms with van der Waals surface area (Å²) in [6.07, 6.45) is 1.75. The van der Waals surface area contributed by atoms with E-state index in [9.17, 15) is 9.59 Å². The lowest BCUT2D eigenvalue weighted by Gasteiger charge is -2.14. The molecular formula is C18H18N2O2. The Bertz CT molecular complexity index is 689. The van der Waals surface area contributed by atoms with E-state index in [2.05, 4.69) is 10.6 Å². The van der Waals surface area contributed by atoms with E-state index in [1.165, 1.54) is 0 Å². The summed E-state index contributed by atoms with van der Waals surface area (Å²) in [5, 5.41) is 5.59. The van der Waals surface area contributed by atoms with E-state index < -0.39 is 0 Å². The lowest BCUT2D eigenvalue weighted by molar-refractivity contribution is -0.123. The molecule has 1 aliphatic carbocycles. The molecule has 1 aliphatic rings. The first-order valence-corrected chi connectivity index (χ1v) is 7.35. The van der Waals surface area contributed by atoms with Crippen molar-refractivity contribution in [3.8, 4) is 0 Å². The highest BCUT2D eigenvalue weighted by molar-refractivity contribution is 6.04. The number of carbonyl (C=O) groups is 2. The van der Waals surface area contributed by atoms with E-state index >= 15 is 0 Å². The molecule has 0 aliphatic heterocycles. The van der Waals surface area contributed by atoms with Gasteiger partial charge in [-0.05, 0) is 42.7 Å². The van der Waals surface area contributed by atoms with Crippen molar-refractivity contribution in [2.24, 2.45) is 0 Å². The fraction of sp³-hybridized carbons (Fsp3) is 0.222. The molecule has 3 rings (SSSR count). The zero-order valence-corrected chi connectivity index (χ0v) is 12.4. The van der Waals surface area contributed by atoms with Gasteiger partial charge in [-0.25, -0.2) is 0 Å². The average molecular weight is 294 g/mol. The maximum Gasteiger partial charge on any atom is 0.255 e. The van der Waals surface area contributed by atoms with E-state index in [4.69, 9.17) is 0 Å². The van der Waals surface area contributed by atoms with Gasteiger partial charge in [0, 0.05) is 18.3 Å². The molecule has 0 radical (unpaired) electrons. The standard InChI is InChI=1S/C18H18N2O2/c1-19-17(22)18(11-12-18)14-7-9-15(10-8-14)20-16(21)13-5-3-2-4-6-13/h2-10H,11-12H2,1H3,(H,19,22)(H,20,21). The highest BCUT2D eigenvalue weighted by Crippen LogP contribution is 2.48. The Morgan fingerprint density at radius 3 is 2.14 bits per heavy atom. The largest absolute Gasteiger partial charge is 0.358 e. The molecule has 22 heavy (non-hydrogen) atoms. The number of rotatable bonds is 4. The SMILES string of the molecule is CNC(=O)C1(c2ccc(NC(=O)c3ccccc3)cc2)CC1. The summed E-state index contributed by atoms with van der Waals surface area (Å²) in [4.78, 5) is 24.1. The quantitative estimate of drug-likeness (QED) is 0.911. The summed E-state index contributed by atoms with van der Waals surface area (Å²) in [5.41, 5.74) is 1.99. The van der Waals surface area contributed by atoms with Crippen LogP contribution >= 0.6 is 0 Å². The van der Waals surface area contributed by atoms with E-state index in [1.807, 2.05) is 42.5 Å². The van der Waals surface area contributed by atoms with Crippen LogP contribution in [0.25, 0.3) is 0 Å². The number of hydrogen-bond donors (Lipinski definition) is 2. The maximum absolute atomic E-state index is 12.1. The van der Waals surface area contributed by atoms with Crippen LogP contribution in [0.3, 0.4) is 0 Å². The molecule has 4 nitrogen and oxygen atoms in total.